The van der Waals surface area contributed by atoms with Crippen molar-refractivity contribution in [2.75, 3.05) is 12.3 Å². The molecule has 3 aromatic carbocycles. The number of benzene rings is 3. The van der Waals surface area contributed by atoms with E-state index in [0.717, 1.165) is 28.8 Å². The number of para-hydroxylation sites is 1. The van der Waals surface area contributed by atoms with Gasteiger partial charge in [0.05, 0.1) is 22.3 Å². The number of aryl methyl sites for hydroxylation is 2. The first-order chi connectivity index (χ1) is 15.9. The minimum absolute atomic E-state index is 0.108. The third-order valence-corrected chi connectivity index (χ3v) is 6.38. The molecule has 0 aliphatic heterocycles. The molecule has 0 fully saturated rings. The van der Waals surface area contributed by atoms with Crippen LogP contribution < -0.4 is 10.9 Å². The molecule has 4 rings (SSSR count). The van der Waals surface area contributed by atoms with Crippen molar-refractivity contribution in [2.24, 2.45) is 0 Å². The molecule has 0 aliphatic carbocycles. The molecule has 0 aliphatic rings. The van der Waals surface area contributed by atoms with E-state index in [-0.39, 0.29) is 17.2 Å². The van der Waals surface area contributed by atoms with Crippen molar-refractivity contribution in [3.05, 3.63) is 98.8 Å². The number of hydrogen-bond acceptors (Lipinski definition) is 4. The predicted octanol–water partition coefficient (Wildman–Crippen LogP) is 5.11. The average Bonchev–Trinajstić information content (AvgIpc) is 2.78. The molecular formula is C26H24ClN3O2S. The Morgan fingerprint density at radius 3 is 2.45 bits per heavy atom. The van der Waals surface area contributed by atoms with E-state index in [1.807, 2.05) is 68.4 Å². The second kappa shape index (κ2) is 10.2. The van der Waals surface area contributed by atoms with E-state index >= 15 is 0 Å². The fraction of sp³-hybridized carbons (Fsp3) is 0.192. The molecule has 33 heavy (non-hydrogen) atoms. The quantitative estimate of drug-likeness (QED) is 0.297. The van der Waals surface area contributed by atoms with Gasteiger partial charge in [-0.15, -0.1) is 0 Å². The van der Waals surface area contributed by atoms with Crippen LogP contribution >= 0.6 is 23.4 Å². The lowest BCUT2D eigenvalue weighted by atomic mass is 10.1. The van der Waals surface area contributed by atoms with Gasteiger partial charge in [-0.25, -0.2) is 4.98 Å². The van der Waals surface area contributed by atoms with E-state index < -0.39 is 0 Å². The number of carbonyl (C=O) groups is 1. The Morgan fingerprint density at radius 1 is 1.03 bits per heavy atom. The number of carbonyl (C=O) groups excluding carboxylic acids is 1. The SMILES string of the molecule is Cc1cc(C)cc(-n2c(SCC(=O)NCCc3ccc(Cl)cc3)nc3ccccc3c2=O)c1. The van der Waals surface area contributed by atoms with Crippen LogP contribution in [0.25, 0.3) is 16.6 Å². The summed E-state index contributed by atoms with van der Waals surface area (Å²) in [6, 6.07) is 20.8. The van der Waals surface area contributed by atoms with Gasteiger partial charge >= 0.3 is 0 Å². The summed E-state index contributed by atoms with van der Waals surface area (Å²) < 4.78 is 1.61. The van der Waals surface area contributed by atoms with Crippen LogP contribution in [0.2, 0.25) is 5.02 Å². The first-order valence-electron chi connectivity index (χ1n) is 10.6. The molecule has 1 heterocycles. The normalized spacial score (nSPS) is 11.0. The number of fused-ring (bicyclic) bond motifs is 1. The summed E-state index contributed by atoms with van der Waals surface area (Å²) in [5.74, 6) is 0.0549. The van der Waals surface area contributed by atoms with E-state index in [1.165, 1.54) is 11.8 Å². The van der Waals surface area contributed by atoms with Crippen LogP contribution in [0.4, 0.5) is 0 Å². The number of hydrogen-bond donors (Lipinski definition) is 1. The second-order valence-electron chi connectivity index (χ2n) is 7.91. The number of nitrogens with one attached hydrogen (secondary N) is 1. The third kappa shape index (κ3) is 5.64. The van der Waals surface area contributed by atoms with Gasteiger partial charge in [-0.1, -0.05) is 53.7 Å². The number of thioether (sulfide) groups is 1. The van der Waals surface area contributed by atoms with E-state index in [4.69, 9.17) is 16.6 Å². The third-order valence-electron chi connectivity index (χ3n) is 5.19. The molecule has 0 saturated carbocycles. The molecule has 0 spiro atoms. The zero-order chi connectivity index (χ0) is 23.4. The largest absolute Gasteiger partial charge is 0.355 e. The molecular weight excluding hydrogens is 454 g/mol. The highest BCUT2D eigenvalue weighted by Gasteiger charge is 2.15. The Balaban J connectivity index is 1.54. The summed E-state index contributed by atoms with van der Waals surface area (Å²) in [5, 5.41) is 4.68. The van der Waals surface area contributed by atoms with Gasteiger partial charge in [-0.3, -0.25) is 14.2 Å². The van der Waals surface area contributed by atoms with Crippen LogP contribution in [0, 0.1) is 13.8 Å². The highest BCUT2D eigenvalue weighted by Crippen LogP contribution is 2.22. The van der Waals surface area contributed by atoms with Crippen molar-refractivity contribution in [2.45, 2.75) is 25.4 Å². The van der Waals surface area contributed by atoms with Gasteiger partial charge < -0.3 is 5.32 Å². The second-order valence-corrected chi connectivity index (χ2v) is 9.29. The van der Waals surface area contributed by atoms with Crippen molar-refractivity contribution in [3.8, 4) is 5.69 Å². The van der Waals surface area contributed by atoms with Crippen LogP contribution in [-0.4, -0.2) is 27.8 Å². The van der Waals surface area contributed by atoms with Crippen molar-refractivity contribution < 1.29 is 4.79 Å². The molecule has 0 unspecified atom stereocenters. The van der Waals surface area contributed by atoms with E-state index in [1.54, 1.807) is 10.6 Å². The number of nitrogens with zero attached hydrogens (tertiary/aromatic N) is 2. The van der Waals surface area contributed by atoms with Crippen LogP contribution in [0.3, 0.4) is 0 Å². The Labute approximate surface area is 201 Å². The smallest absolute Gasteiger partial charge is 0.266 e. The van der Waals surface area contributed by atoms with Crippen molar-refractivity contribution >= 4 is 40.2 Å². The summed E-state index contributed by atoms with van der Waals surface area (Å²) in [4.78, 5) is 30.6. The lowest BCUT2D eigenvalue weighted by Crippen LogP contribution is -2.28. The topological polar surface area (TPSA) is 64.0 Å². The Bertz CT molecular complexity index is 1350. The maximum Gasteiger partial charge on any atom is 0.266 e. The number of rotatable bonds is 7. The molecule has 0 radical (unpaired) electrons. The standard InChI is InChI=1S/C26H24ClN3O2S/c1-17-13-18(2)15-21(14-17)30-25(32)22-5-3-4-6-23(22)29-26(30)33-16-24(31)28-12-11-19-7-9-20(27)10-8-19/h3-10,13-15H,11-12,16H2,1-2H3,(H,28,31). The Hall–Kier alpha value is -3.09. The Kier molecular flexibility index (Phi) is 7.16. The van der Waals surface area contributed by atoms with Gasteiger partial charge in [0.25, 0.3) is 5.56 Å². The highest BCUT2D eigenvalue weighted by atomic mass is 35.5. The maximum atomic E-state index is 13.4. The number of halogens is 1. The molecule has 0 saturated heterocycles. The minimum atomic E-state index is -0.142. The fourth-order valence-corrected chi connectivity index (χ4v) is 4.66. The average molecular weight is 478 g/mol. The van der Waals surface area contributed by atoms with Gasteiger partial charge in [0.15, 0.2) is 5.16 Å². The summed E-state index contributed by atoms with van der Waals surface area (Å²) in [5.41, 5.74) is 4.44. The monoisotopic (exact) mass is 477 g/mol. The number of amides is 1. The Morgan fingerprint density at radius 2 is 1.73 bits per heavy atom. The van der Waals surface area contributed by atoms with Crippen LogP contribution in [0.1, 0.15) is 16.7 Å². The van der Waals surface area contributed by atoms with Gasteiger partial charge in [-0.05, 0) is 73.4 Å². The highest BCUT2D eigenvalue weighted by molar-refractivity contribution is 7.99. The molecule has 4 aromatic rings. The molecule has 1 N–H and O–H groups in total. The molecule has 5 nitrogen and oxygen atoms in total. The van der Waals surface area contributed by atoms with Crippen LogP contribution in [-0.2, 0) is 11.2 Å². The fourth-order valence-electron chi connectivity index (χ4n) is 3.70. The molecule has 1 aromatic heterocycles. The maximum absolute atomic E-state index is 13.4. The van der Waals surface area contributed by atoms with Gasteiger partial charge in [0.1, 0.15) is 0 Å². The van der Waals surface area contributed by atoms with E-state index in [9.17, 15) is 9.59 Å². The molecule has 1 amide bonds. The zero-order valence-electron chi connectivity index (χ0n) is 18.5. The summed E-state index contributed by atoms with van der Waals surface area (Å²) in [7, 11) is 0. The minimum Gasteiger partial charge on any atom is -0.355 e. The predicted molar refractivity (Wildman–Crippen MR) is 136 cm³/mol. The zero-order valence-corrected chi connectivity index (χ0v) is 20.0. The van der Waals surface area contributed by atoms with Crippen molar-refractivity contribution in [3.63, 3.8) is 0 Å². The molecule has 7 heteroatoms. The number of aromatic nitrogens is 2. The van der Waals surface area contributed by atoms with Gasteiger partial charge in [0, 0.05) is 11.6 Å². The van der Waals surface area contributed by atoms with Crippen molar-refractivity contribution in [1.29, 1.82) is 0 Å². The van der Waals surface area contributed by atoms with Crippen molar-refractivity contribution in [1.82, 2.24) is 14.9 Å². The lowest BCUT2D eigenvalue weighted by Gasteiger charge is -2.14. The molecule has 0 atom stereocenters. The molecule has 0 bridgehead atoms. The summed E-state index contributed by atoms with van der Waals surface area (Å²) in [6.07, 6.45) is 0.717. The summed E-state index contributed by atoms with van der Waals surface area (Å²) >= 11 is 7.18. The first-order valence-corrected chi connectivity index (χ1v) is 12.0. The molecule has 168 valence electrons. The van der Waals surface area contributed by atoms with E-state index in [2.05, 4.69) is 11.4 Å². The van der Waals surface area contributed by atoms with Gasteiger partial charge in [0.2, 0.25) is 5.91 Å². The van der Waals surface area contributed by atoms with E-state index in [0.29, 0.717) is 27.6 Å². The van der Waals surface area contributed by atoms with Crippen LogP contribution in [0.15, 0.2) is 76.7 Å². The first kappa shape index (κ1) is 23.1. The van der Waals surface area contributed by atoms with Gasteiger partial charge in [-0.2, -0.15) is 0 Å². The lowest BCUT2D eigenvalue weighted by molar-refractivity contribution is -0.118. The summed E-state index contributed by atoms with van der Waals surface area (Å²) in [6.45, 7) is 4.52. The van der Waals surface area contributed by atoms with Crippen LogP contribution in [0.5, 0.6) is 0 Å².